The summed E-state index contributed by atoms with van der Waals surface area (Å²) in [5.41, 5.74) is 6.62. The molecule has 3 atom stereocenters. The number of amidine groups is 1. The Morgan fingerprint density at radius 1 is 1.23 bits per heavy atom. The number of rotatable bonds is 7. The molecule has 1 fully saturated rings. The highest BCUT2D eigenvalue weighted by molar-refractivity contribution is 5.95. The maximum absolute atomic E-state index is 12.7. The number of nitrogens with one attached hydrogen (secondary N) is 4. The molecule has 0 saturated carbocycles. The van der Waals surface area contributed by atoms with E-state index in [-0.39, 0.29) is 24.1 Å². The monoisotopic (exact) mass is 423 g/mol. The number of carbonyl (C=O) groups excluding carboxylic acids is 2. The number of hydrogen-bond acceptors (Lipinski definition) is 5. The molecular weight excluding hydrogens is 394 g/mol. The second-order valence-corrected chi connectivity index (χ2v) is 7.92. The van der Waals surface area contributed by atoms with Crippen molar-refractivity contribution >= 4 is 17.6 Å². The highest BCUT2D eigenvalue weighted by Gasteiger charge is 2.38. The van der Waals surface area contributed by atoms with E-state index in [1.165, 1.54) is 0 Å². The van der Waals surface area contributed by atoms with E-state index < -0.39 is 17.7 Å². The number of amides is 2. The van der Waals surface area contributed by atoms with Gasteiger partial charge in [0.15, 0.2) is 0 Å². The van der Waals surface area contributed by atoms with E-state index in [1.54, 1.807) is 31.2 Å². The zero-order chi connectivity index (χ0) is 22.4. The van der Waals surface area contributed by atoms with Crippen LogP contribution < -0.4 is 21.7 Å². The van der Waals surface area contributed by atoms with Crippen LogP contribution >= 0.6 is 0 Å². The first-order valence-corrected chi connectivity index (χ1v) is 10.3. The van der Waals surface area contributed by atoms with Crippen molar-refractivity contribution in [3.05, 3.63) is 71.3 Å². The molecular formula is C23H29N5O3. The SMILES string of the molecule is C[C@H](NC(=O)[C@H]1C[C@](O)(c2ccccc2)CCN1)C(=O)NCc1ccc(C(=N)N)cc1. The van der Waals surface area contributed by atoms with Crippen LogP contribution in [0.2, 0.25) is 0 Å². The summed E-state index contributed by atoms with van der Waals surface area (Å²) in [6.07, 6.45) is 0.749. The van der Waals surface area contributed by atoms with Crippen LogP contribution in [0.5, 0.6) is 0 Å². The number of nitrogen functional groups attached to an aromatic ring is 1. The third kappa shape index (κ3) is 5.68. The largest absolute Gasteiger partial charge is 0.385 e. The van der Waals surface area contributed by atoms with Crippen molar-refractivity contribution in [1.29, 1.82) is 5.41 Å². The Labute approximate surface area is 181 Å². The lowest BCUT2D eigenvalue weighted by Gasteiger charge is -2.37. The summed E-state index contributed by atoms with van der Waals surface area (Å²) >= 11 is 0. The van der Waals surface area contributed by atoms with Crippen molar-refractivity contribution in [2.24, 2.45) is 5.73 Å². The number of hydrogen-bond donors (Lipinski definition) is 6. The van der Waals surface area contributed by atoms with E-state index in [1.807, 2.05) is 30.3 Å². The molecule has 7 N–H and O–H groups in total. The number of carbonyl (C=O) groups is 2. The fourth-order valence-electron chi connectivity index (χ4n) is 3.69. The van der Waals surface area contributed by atoms with Gasteiger partial charge in [-0.25, -0.2) is 0 Å². The normalized spacial score (nSPS) is 21.7. The van der Waals surface area contributed by atoms with Crippen LogP contribution in [0.25, 0.3) is 0 Å². The van der Waals surface area contributed by atoms with Crippen molar-refractivity contribution < 1.29 is 14.7 Å². The minimum Gasteiger partial charge on any atom is -0.385 e. The molecule has 31 heavy (non-hydrogen) atoms. The zero-order valence-electron chi connectivity index (χ0n) is 17.5. The number of nitrogens with two attached hydrogens (primary N) is 1. The summed E-state index contributed by atoms with van der Waals surface area (Å²) in [4.78, 5) is 25.1. The summed E-state index contributed by atoms with van der Waals surface area (Å²) in [5, 5.41) is 27.1. The summed E-state index contributed by atoms with van der Waals surface area (Å²) in [6, 6.07) is 15.0. The van der Waals surface area contributed by atoms with E-state index in [2.05, 4.69) is 16.0 Å². The Hall–Kier alpha value is -3.23. The molecule has 0 radical (unpaired) electrons. The first kappa shape index (κ1) is 22.5. The Bertz CT molecular complexity index is 932. The lowest BCUT2D eigenvalue weighted by molar-refractivity contribution is -0.131. The van der Waals surface area contributed by atoms with Crippen molar-refractivity contribution in [2.45, 2.75) is 44.0 Å². The third-order valence-electron chi connectivity index (χ3n) is 5.58. The molecule has 1 saturated heterocycles. The van der Waals surface area contributed by atoms with Gasteiger partial charge >= 0.3 is 0 Å². The van der Waals surface area contributed by atoms with Gasteiger partial charge < -0.3 is 26.8 Å². The van der Waals surface area contributed by atoms with E-state index in [0.717, 1.165) is 11.1 Å². The van der Waals surface area contributed by atoms with Crippen LogP contribution in [0.4, 0.5) is 0 Å². The predicted octanol–water partition coefficient (Wildman–Crippen LogP) is 0.731. The lowest BCUT2D eigenvalue weighted by Crippen LogP contribution is -2.56. The van der Waals surface area contributed by atoms with Gasteiger partial charge in [-0.3, -0.25) is 15.0 Å². The van der Waals surface area contributed by atoms with Gasteiger partial charge in [0.2, 0.25) is 11.8 Å². The van der Waals surface area contributed by atoms with Gasteiger partial charge in [-0.2, -0.15) is 0 Å². The molecule has 0 unspecified atom stereocenters. The Morgan fingerprint density at radius 2 is 1.90 bits per heavy atom. The Kier molecular flexibility index (Phi) is 7.04. The molecule has 2 aromatic rings. The van der Waals surface area contributed by atoms with Crippen LogP contribution in [0.15, 0.2) is 54.6 Å². The van der Waals surface area contributed by atoms with Crippen molar-refractivity contribution in [3.8, 4) is 0 Å². The topological polar surface area (TPSA) is 140 Å². The van der Waals surface area contributed by atoms with Crippen LogP contribution in [0.1, 0.15) is 36.5 Å². The molecule has 0 spiro atoms. The molecule has 1 aliphatic rings. The van der Waals surface area contributed by atoms with E-state index in [0.29, 0.717) is 25.1 Å². The van der Waals surface area contributed by atoms with Gasteiger partial charge in [0.25, 0.3) is 0 Å². The predicted molar refractivity (Wildman–Crippen MR) is 118 cm³/mol. The fourth-order valence-corrected chi connectivity index (χ4v) is 3.69. The summed E-state index contributed by atoms with van der Waals surface area (Å²) < 4.78 is 0. The average molecular weight is 424 g/mol. The smallest absolute Gasteiger partial charge is 0.242 e. The van der Waals surface area contributed by atoms with Gasteiger partial charge in [-0.05, 0) is 31.0 Å². The highest BCUT2D eigenvalue weighted by Crippen LogP contribution is 2.32. The number of piperidine rings is 1. The van der Waals surface area contributed by atoms with Crippen molar-refractivity contribution in [3.63, 3.8) is 0 Å². The first-order valence-electron chi connectivity index (χ1n) is 10.3. The maximum atomic E-state index is 12.7. The highest BCUT2D eigenvalue weighted by atomic mass is 16.3. The van der Waals surface area contributed by atoms with Crippen LogP contribution in [-0.2, 0) is 21.7 Å². The molecule has 164 valence electrons. The van der Waals surface area contributed by atoms with Gasteiger partial charge in [-0.1, -0.05) is 54.6 Å². The first-order chi connectivity index (χ1) is 14.8. The van der Waals surface area contributed by atoms with Crippen LogP contribution in [-0.4, -0.2) is 41.4 Å². The molecule has 8 nitrogen and oxygen atoms in total. The van der Waals surface area contributed by atoms with Crippen molar-refractivity contribution in [1.82, 2.24) is 16.0 Å². The average Bonchev–Trinajstić information content (AvgIpc) is 2.78. The summed E-state index contributed by atoms with van der Waals surface area (Å²) in [6.45, 7) is 2.42. The Balaban J connectivity index is 1.52. The second-order valence-electron chi connectivity index (χ2n) is 7.92. The van der Waals surface area contributed by atoms with Crippen LogP contribution in [0, 0.1) is 5.41 Å². The van der Waals surface area contributed by atoms with E-state index >= 15 is 0 Å². The van der Waals surface area contributed by atoms with Gasteiger partial charge in [-0.15, -0.1) is 0 Å². The van der Waals surface area contributed by atoms with Gasteiger partial charge in [0.1, 0.15) is 11.9 Å². The second kappa shape index (κ2) is 9.72. The molecule has 8 heteroatoms. The molecule has 3 rings (SSSR count). The van der Waals surface area contributed by atoms with Gasteiger partial charge in [0.05, 0.1) is 11.6 Å². The van der Waals surface area contributed by atoms with E-state index in [4.69, 9.17) is 11.1 Å². The number of benzene rings is 2. The quantitative estimate of drug-likeness (QED) is 0.288. The lowest BCUT2D eigenvalue weighted by atomic mass is 9.81. The molecule has 1 aliphatic heterocycles. The number of aliphatic hydroxyl groups is 1. The van der Waals surface area contributed by atoms with Gasteiger partial charge in [0, 0.05) is 18.5 Å². The minimum atomic E-state index is -1.08. The molecule has 0 aromatic heterocycles. The molecule has 0 aliphatic carbocycles. The van der Waals surface area contributed by atoms with Crippen LogP contribution in [0.3, 0.4) is 0 Å². The maximum Gasteiger partial charge on any atom is 0.242 e. The van der Waals surface area contributed by atoms with E-state index in [9.17, 15) is 14.7 Å². The summed E-state index contributed by atoms with van der Waals surface area (Å²) in [7, 11) is 0. The zero-order valence-corrected chi connectivity index (χ0v) is 17.5. The molecule has 2 aromatic carbocycles. The standard InChI is InChI=1S/C23H29N5O3/c1-15(21(29)27-14-16-7-9-17(10-8-16)20(24)25)28-22(30)19-13-23(31,11-12-26-19)18-5-3-2-4-6-18/h2-10,15,19,26,31H,11-14H2,1H3,(H3,24,25)(H,27,29)(H,28,30)/t15-,19+,23-/m0/s1. The fraction of sp³-hybridized carbons (Fsp3) is 0.348. The Morgan fingerprint density at radius 3 is 2.55 bits per heavy atom. The van der Waals surface area contributed by atoms with Crippen molar-refractivity contribution in [2.75, 3.05) is 6.54 Å². The summed E-state index contributed by atoms with van der Waals surface area (Å²) in [5.74, 6) is -0.636. The minimum absolute atomic E-state index is 0.0117. The molecule has 2 amide bonds. The molecule has 0 bridgehead atoms. The molecule has 1 heterocycles. The third-order valence-corrected chi connectivity index (χ3v) is 5.58.